The monoisotopic (exact) mass is 1980 g/mol. The molecule has 48 heteroatoms. The first-order chi connectivity index (χ1) is 66.8. The molecule has 0 fully saturated rings. The standard InChI is InChI=1S/C89H163N11O37/c1-76(97(26-32-122-50-56-134-68-62-128-44-38-116-5)73-81(105)90-20-8-11-77(101)93-23-29-119-47-53-131-65-59-125-41-35-113-2)18-19-89(96-80(104)14-17-88(112)137-100-84(108)15-16-85(100)109,71-86(110)98(27-33-123-51-57-135-69-63-129-45-39-117-6)74-82(106)91-21-9-12-78(102)94-24-30-120-48-54-132-66-60-126-42-36-114-3)72-87(111)99(28-34-124-52-58-136-70-64-130-46-40-118-7)75-83(107)92-22-10-13-79(103)95-25-31-121-49-55-133-67-61-127-43-37-115-4/h15-16,108-109H,1,8-14,17-75H2,2-7H3,(H,90,105)(H,91,106)(H,92,107)(H,93,101)(H,94,102)(H,95,103)(H,96,104). The maximum absolute atomic E-state index is 15.9. The lowest BCUT2D eigenvalue weighted by atomic mass is 9.83. The number of hydrogen-bond acceptors (Lipinski definition) is 38. The summed E-state index contributed by atoms with van der Waals surface area (Å²) >= 11 is 0. The molecule has 9 N–H and O–H groups in total. The van der Waals surface area contributed by atoms with Crippen molar-refractivity contribution >= 4 is 59.1 Å². The molecule has 1 aromatic heterocycles. The Hall–Kier alpha value is -7.84. The van der Waals surface area contributed by atoms with E-state index in [2.05, 4.69) is 43.8 Å². The molecule has 0 aliphatic rings. The number of methoxy groups -OCH3 is 6. The molecule has 0 aliphatic carbocycles. The highest BCUT2D eigenvalue weighted by Gasteiger charge is 2.41. The lowest BCUT2D eigenvalue weighted by Gasteiger charge is -2.38. The molecule has 1 aromatic rings. The summed E-state index contributed by atoms with van der Waals surface area (Å²) in [6.07, 6.45) is -3.08. The van der Waals surface area contributed by atoms with E-state index in [4.69, 9.17) is 119 Å². The fourth-order valence-corrected chi connectivity index (χ4v) is 11.7. The maximum atomic E-state index is 15.9. The lowest BCUT2D eigenvalue weighted by Crippen LogP contribution is -2.56. The molecule has 0 spiro atoms. The van der Waals surface area contributed by atoms with Gasteiger partial charge in [0.1, 0.15) is 0 Å². The molecule has 0 unspecified atom stereocenters. The predicted molar refractivity (Wildman–Crippen MR) is 494 cm³/mol. The molecule has 9 amide bonds. The van der Waals surface area contributed by atoms with Crippen molar-refractivity contribution in [2.45, 2.75) is 82.6 Å². The van der Waals surface area contributed by atoms with Crippen LogP contribution in [0.15, 0.2) is 24.4 Å². The van der Waals surface area contributed by atoms with Gasteiger partial charge in [-0.2, -0.15) is 0 Å². The quantitative estimate of drug-likeness (QED) is 0.0311. The minimum absolute atomic E-state index is 0.00191. The molecule has 796 valence electrons. The summed E-state index contributed by atoms with van der Waals surface area (Å²) in [6, 6.07) is 2.10. The highest BCUT2D eigenvalue weighted by Crippen LogP contribution is 2.29. The van der Waals surface area contributed by atoms with Gasteiger partial charge < -0.3 is 181 Å². The Balaban J connectivity index is 4.08. The number of aromatic hydroxyl groups is 2. The van der Waals surface area contributed by atoms with Crippen molar-refractivity contribution < 1.29 is 177 Å². The largest absolute Gasteiger partial charge is 0.492 e. The van der Waals surface area contributed by atoms with E-state index in [1.165, 1.54) is 0 Å². The summed E-state index contributed by atoms with van der Waals surface area (Å²) in [7, 11) is 9.41. The first kappa shape index (κ1) is 127. The minimum Gasteiger partial charge on any atom is -0.492 e. The highest BCUT2D eigenvalue weighted by molar-refractivity contribution is 5.90. The van der Waals surface area contributed by atoms with Gasteiger partial charge in [0, 0.05) is 145 Å². The Bertz CT molecular complexity index is 3060. The Morgan fingerprint density at radius 1 is 0.285 bits per heavy atom. The Labute approximate surface area is 806 Å². The van der Waals surface area contributed by atoms with Crippen LogP contribution in [0.1, 0.15) is 77.0 Å². The fourth-order valence-electron chi connectivity index (χ4n) is 11.7. The van der Waals surface area contributed by atoms with E-state index in [1.807, 2.05) is 0 Å². The van der Waals surface area contributed by atoms with Gasteiger partial charge in [-0.1, -0.05) is 6.58 Å². The third-order valence-corrected chi connectivity index (χ3v) is 19.0. The van der Waals surface area contributed by atoms with Crippen molar-refractivity contribution in [3.63, 3.8) is 0 Å². The van der Waals surface area contributed by atoms with Crippen LogP contribution in [0.2, 0.25) is 0 Å². The van der Waals surface area contributed by atoms with Gasteiger partial charge in [-0.05, 0) is 32.1 Å². The van der Waals surface area contributed by atoms with Crippen molar-refractivity contribution in [1.29, 1.82) is 0 Å². The van der Waals surface area contributed by atoms with Crippen molar-refractivity contribution in [3.8, 4) is 11.8 Å². The highest BCUT2D eigenvalue weighted by atomic mass is 16.7. The molecule has 0 bridgehead atoms. The molecule has 0 atom stereocenters. The predicted octanol–water partition coefficient (Wildman–Crippen LogP) is -2.26. The number of aromatic nitrogens is 1. The average molecular weight is 1980 g/mol. The van der Waals surface area contributed by atoms with E-state index in [1.54, 1.807) is 47.6 Å². The second-order valence-electron chi connectivity index (χ2n) is 30.0. The molecule has 0 aliphatic heterocycles. The number of nitrogens with zero attached hydrogens (tertiary/aromatic N) is 4. The molecular formula is C89H163N11O37. The Morgan fingerprint density at radius 2 is 0.518 bits per heavy atom. The molecule has 137 heavy (non-hydrogen) atoms. The second-order valence-corrected chi connectivity index (χ2v) is 30.0. The maximum Gasteiger partial charge on any atom is 0.333 e. The van der Waals surface area contributed by atoms with Crippen molar-refractivity contribution in [2.24, 2.45) is 0 Å². The normalized spacial score (nSPS) is 11.4. The zero-order valence-corrected chi connectivity index (χ0v) is 82.0. The number of nitrogens with one attached hydrogen (secondary N) is 7. The summed E-state index contributed by atoms with van der Waals surface area (Å²) in [5, 5.41) is 40.5. The Kier molecular flexibility index (Phi) is 86.5. The summed E-state index contributed by atoms with van der Waals surface area (Å²) in [6.45, 7) is 14.2. The van der Waals surface area contributed by atoms with Crippen LogP contribution in [0.3, 0.4) is 0 Å². The summed E-state index contributed by atoms with van der Waals surface area (Å²) < 4.78 is 132. The van der Waals surface area contributed by atoms with Crippen LogP contribution < -0.4 is 42.1 Å². The van der Waals surface area contributed by atoms with E-state index >= 15 is 14.4 Å². The number of ether oxygens (including phenoxy) is 24. The van der Waals surface area contributed by atoms with Crippen molar-refractivity contribution in [3.05, 3.63) is 24.4 Å². The smallest absolute Gasteiger partial charge is 0.333 e. The number of carbonyl (C=O) groups is 10. The lowest BCUT2D eigenvalue weighted by molar-refractivity contribution is -0.147. The van der Waals surface area contributed by atoms with Crippen LogP contribution in [0.5, 0.6) is 11.8 Å². The topological polar surface area (TPSA) is 541 Å². The molecule has 1 heterocycles. The zero-order chi connectivity index (χ0) is 100. The van der Waals surface area contributed by atoms with Gasteiger partial charge in [-0.15, -0.1) is 4.73 Å². The fraction of sp³-hybridized carbons (Fsp3) is 0.820. The first-order valence-electron chi connectivity index (χ1n) is 46.8. The SMILES string of the molecule is C=C(CCC(CC(=O)N(CCOCCOCCOCCOC)CC(=O)NCCCC(=O)NCCOCCOCCOCCOC)(CC(=O)N(CCOCCOCCOCCOC)CC(=O)NCCCC(=O)NCCOCCOCCOCCOC)NC(=O)CCC(=O)On1c(O)ccc1O)N(CCOCCOCCOCCOC)CC(=O)NCCCC(=O)NCCOCCOCCOCCOC. The van der Waals surface area contributed by atoms with Crippen molar-refractivity contribution in [1.82, 2.24) is 56.6 Å². The van der Waals surface area contributed by atoms with E-state index in [0.29, 0.717) is 157 Å². The first-order valence-corrected chi connectivity index (χ1v) is 46.8. The van der Waals surface area contributed by atoms with Crippen LogP contribution in [0.4, 0.5) is 0 Å². The minimum atomic E-state index is -2.12. The van der Waals surface area contributed by atoms with Crippen LogP contribution in [-0.2, 0) is 162 Å². The van der Waals surface area contributed by atoms with Crippen LogP contribution in [-0.4, -0.2) is 493 Å². The summed E-state index contributed by atoms with van der Waals surface area (Å²) in [5.41, 5.74) is -1.91. The Morgan fingerprint density at radius 3 is 0.788 bits per heavy atom. The van der Waals surface area contributed by atoms with Gasteiger partial charge in [0.2, 0.25) is 64.9 Å². The molecule has 0 aromatic carbocycles. The molecule has 1 rings (SSSR count). The van der Waals surface area contributed by atoms with Gasteiger partial charge in [-0.3, -0.25) is 43.2 Å². The van der Waals surface area contributed by atoms with Gasteiger partial charge >= 0.3 is 5.97 Å². The summed E-state index contributed by atoms with van der Waals surface area (Å²) in [5.74, 6) is -7.90. The molecule has 0 radical (unpaired) electrons. The van der Waals surface area contributed by atoms with Gasteiger partial charge in [0.05, 0.1) is 322 Å². The zero-order valence-electron chi connectivity index (χ0n) is 82.0. The molecule has 0 saturated heterocycles. The van der Waals surface area contributed by atoms with Gasteiger partial charge in [0.15, 0.2) is 0 Å². The van der Waals surface area contributed by atoms with E-state index < -0.39 is 104 Å². The third-order valence-electron chi connectivity index (χ3n) is 19.0. The van der Waals surface area contributed by atoms with Crippen molar-refractivity contribution in [2.75, 3.05) is 399 Å². The van der Waals surface area contributed by atoms with E-state index in [0.717, 1.165) is 21.9 Å². The van der Waals surface area contributed by atoms with Crippen LogP contribution >= 0.6 is 0 Å². The molecular weight excluding hydrogens is 1820 g/mol. The average Bonchev–Trinajstić information content (AvgIpc) is 1.67. The number of rotatable bonds is 103. The second kappa shape index (κ2) is 93.1. The number of carbonyl (C=O) groups excluding carboxylic acids is 10. The van der Waals surface area contributed by atoms with Crippen LogP contribution in [0.25, 0.3) is 0 Å². The van der Waals surface area contributed by atoms with E-state index in [9.17, 15) is 43.8 Å². The van der Waals surface area contributed by atoms with E-state index in [-0.39, 0.29) is 259 Å². The summed E-state index contributed by atoms with van der Waals surface area (Å²) in [4.78, 5) is 151. The van der Waals surface area contributed by atoms with Crippen LogP contribution in [0, 0.1) is 0 Å². The third kappa shape index (κ3) is 78.5. The number of allylic oxidation sites excluding steroid dienone is 1. The van der Waals surface area contributed by atoms with Gasteiger partial charge in [0.25, 0.3) is 0 Å². The molecule has 48 nitrogen and oxygen atoms in total. The van der Waals surface area contributed by atoms with Gasteiger partial charge in [-0.25, -0.2) is 4.79 Å². The number of hydrogen-bond donors (Lipinski definition) is 9. The number of amides is 9. The molecule has 0 saturated carbocycles.